The van der Waals surface area contributed by atoms with E-state index in [1.165, 1.54) is 11.8 Å². The van der Waals surface area contributed by atoms with E-state index < -0.39 is 11.8 Å². The molecule has 0 unspecified atom stereocenters. The van der Waals surface area contributed by atoms with E-state index in [-0.39, 0.29) is 17.4 Å². The molecule has 0 spiro atoms. The molecule has 0 bridgehead atoms. The number of rotatable bonds is 11. The van der Waals surface area contributed by atoms with Crippen LogP contribution in [-0.4, -0.2) is 23.5 Å². The molecular weight excluding hydrogens is 606 g/mol. The molecule has 3 amide bonds. The van der Waals surface area contributed by atoms with Crippen LogP contribution in [0.2, 0.25) is 5.02 Å². The SMILES string of the molecule is O=C(CSc1ccc(NC(=O)/C(=C/c2ccc(Cl)cc2)NC(=O)c2ccccc2)cc1)Nc1ccc(Oc2ccccc2)cc1. The first-order valence-corrected chi connectivity index (χ1v) is 15.3. The van der Waals surface area contributed by atoms with Crippen molar-refractivity contribution in [2.75, 3.05) is 16.4 Å². The van der Waals surface area contributed by atoms with Crippen molar-refractivity contribution >= 4 is 58.5 Å². The Hall–Kier alpha value is -5.31. The van der Waals surface area contributed by atoms with Crippen LogP contribution in [0.15, 0.2) is 144 Å². The number of nitrogens with one attached hydrogen (secondary N) is 3. The van der Waals surface area contributed by atoms with Gasteiger partial charge in [-0.1, -0.05) is 60.1 Å². The largest absolute Gasteiger partial charge is 0.457 e. The number of carbonyl (C=O) groups excluding carboxylic acids is 3. The summed E-state index contributed by atoms with van der Waals surface area (Å²) in [5.74, 6) is 0.558. The summed E-state index contributed by atoms with van der Waals surface area (Å²) in [5.41, 5.74) is 2.38. The Morgan fingerprint density at radius 2 is 1.24 bits per heavy atom. The van der Waals surface area contributed by atoms with E-state index in [4.69, 9.17) is 16.3 Å². The molecular formula is C36H28ClN3O4S. The van der Waals surface area contributed by atoms with Gasteiger partial charge in [0.25, 0.3) is 11.8 Å². The summed E-state index contributed by atoms with van der Waals surface area (Å²) in [4.78, 5) is 39.5. The lowest BCUT2D eigenvalue weighted by Crippen LogP contribution is -2.30. The molecule has 7 nitrogen and oxygen atoms in total. The van der Waals surface area contributed by atoms with Gasteiger partial charge in [-0.05, 0) is 96.6 Å². The number of halogens is 1. The van der Waals surface area contributed by atoms with Crippen LogP contribution in [0.5, 0.6) is 11.5 Å². The van der Waals surface area contributed by atoms with Crippen LogP contribution in [0.3, 0.4) is 0 Å². The summed E-state index contributed by atoms with van der Waals surface area (Å²) in [6.07, 6.45) is 1.58. The van der Waals surface area contributed by atoms with Gasteiger partial charge in [0.1, 0.15) is 17.2 Å². The molecule has 3 N–H and O–H groups in total. The van der Waals surface area contributed by atoms with Crippen LogP contribution in [-0.2, 0) is 9.59 Å². The van der Waals surface area contributed by atoms with Gasteiger partial charge in [-0.15, -0.1) is 11.8 Å². The van der Waals surface area contributed by atoms with Crippen molar-refractivity contribution < 1.29 is 19.1 Å². The van der Waals surface area contributed by atoms with Crippen molar-refractivity contribution in [3.8, 4) is 11.5 Å². The van der Waals surface area contributed by atoms with Crippen LogP contribution in [0.1, 0.15) is 15.9 Å². The van der Waals surface area contributed by atoms with Gasteiger partial charge in [0.15, 0.2) is 0 Å². The lowest BCUT2D eigenvalue weighted by molar-refractivity contribution is -0.114. The predicted octanol–water partition coefficient (Wildman–Crippen LogP) is 8.27. The number of benzene rings is 5. The van der Waals surface area contributed by atoms with Crippen LogP contribution in [0.25, 0.3) is 6.08 Å². The van der Waals surface area contributed by atoms with E-state index in [1.807, 2.05) is 48.5 Å². The average molecular weight is 634 g/mol. The van der Waals surface area contributed by atoms with Crippen molar-refractivity contribution in [1.82, 2.24) is 5.32 Å². The Morgan fingerprint density at radius 3 is 1.91 bits per heavy atom. The van der Waals surface area contributed by atoms with Gasteiger partial charge in [-0.2, -0.15) is 0 Å². The zero-order valence-corrected chi connectivity index (χ0v) is 25.5. The fourth-order valence-corrected chi connectivity index (χ4v) is 4.90. The van der Waals surface area contributed by atoms with Crippen molar-refractivity contribution in [3.63, 3.8) is 0 Å². The summed E-state index contributed by atoms with van der Waals surface area (Å²) in [5, 5.41) is 8.99. The third-order valence-electron chi connectivity index (χ3n) is 6.31. The number of amides is 3. The van der Waals surface area contributed by atoms with E-state index >= 15 is 0 Å². The first-order valence-electron chi connectivity index (χ1n) is 13.9. The van der Waals surface area contributed by atoms with Gasteiger partial charge in [0.05, 0.1) is 5.75 Å². The molecule has 5 rings (SSSR count). The second kappa shape index (κ2) is 15.4. The second-order valence-electron chi connectivity index (χ2n) is 9.68. The van der Waals surface area contributed by atoms with E-state index in [0.29, 0.717) is 33.3 Å². The normalized spacial score (nSPS) is 10.9. The predicted molar refractivity (Wildman–Crippen MR) is 181 cm³/mol. The fourth-order valence-electron chi connectivity index (χ4n) is 4.08. The monoisotopic (exact) mass is 633 g/mol. The maximum Gasteiger partial charge on any atom is 0.272 e. The molecule has 0 aliphatic carbocycles. The van der Waals surface area contributed by atoms with E-state index in [2.05, 4.69) is 16.0 Å². The average Bonchev–Trinajstić information content (AvgIpc) is 3.07. The zero-order chi connectivity index (χ0) is 31.4. The second-order valence-corrected chi connectivity index (χ2v) is 11.2. The van der Waals surface area contributed by atoms with Crippen LogP contribution < -0.4 is 20.7 Å². The van der Waals surface area contributed by atoms with Gasteiger partial charge in [-0.25, -0.2) is 0 Å². The molecule has 5 aromatic rings. The maximum absolute atomic E-state index is 13.3. The Bertz CT molecular complexity index is 1780. The lowest BCUT2D eigenvalue weighted by Gasteiger charge is -2.12. The standard InChI is InChI=1S/C36H28ClN3O4S/c37-27-13-11-25(12-14-27)23-33(40-35(42)26-7-3-1-4-8-26)36(43)39-29-17-21-32(22-18-29)45-24-34(41)38-28-15-19-31(20-16-28)44-30-9-5-2-6-10-30/h1-23H,24H2,(H,38,41)(H,39,43)(H,40,42)/b33-23-. The minimum absolute atomic E-state index is 0.0703. The number of hydrogen-bond acceptors (Lipinski definition) is 5. The molecule has 0 heterocycles. The Labute approximate surface area is 270 Å². The topological polar surface area (TPSA) is 96.5 Å². The number of ether oxygens (including phenoxy) is 1. The maximum atomic E-state index is 13.3. The van der Waals surface area contributed by atoms with Crippen LogP contribution in [0.4, 0.5) is 11.4 Å². The molecule has 224 valence electrons. The summed E-state index contributed by atoms with van der Waals surface area (Å²) in [6, 6.07) is 39.3. The third kappa shape index (κ3) is 9.59. The van der Waals surface area contributed by atoms with Crippen molar-refractivity contribution in [2.45, 2.75) is 4.90 Å². The van der Waals surface area contributed by atoms with Crippen molar-refractivity contribution in [2.24, 2.45) is 0 Å². The molecule has 0 atom stereocenters. The first kappa shape index (κ1) is 31.1. The van der Waals surface area contributed by atoms with Crippen molar-refractivity contribution in [3.05, 3.63) is 155 Å². The Balaban J connectivity index is 1.15. The van der Waals surface area contributed by atoms with Gasteiger partial charge in [0, 0.05) is 26.9 Å². The molecule has 0 radical (unpaired) electrons. The van der Waals surface area contributed by atoms with Crippen molar-refractivity contribution in [1.29, 1.82) is 0 Å². The molecule has 9 heteroatoms. The number of anilines is 2. The highest BCUT2D eigenvalue weighted by Gasteiger charge is 2.15. The quantitative estimate of drug-likeness (QED) is 0.100. The van der Waals surface area contributed by atoms with E-state index in [1.54, 1.807) is 91.0 Å². The molecule has 0 saturated carbocycles. The number of hydrogen-bond donors (Lipinski definition) is 3. The number of thioether (sulfide) groups is 1. The van der Waals surface area contributed by atoms with Gasteiger partial charge < -0.3 is 20.7 Å². The Kier molecular flexibility index (Phi) is 10.7. The minimum Gasteiger partial charge on any atom is -0.457 e. The summed E-state index contributed by atoms with van der Waals surface area (Å²) >= 11 is 7.37. The minimum atomic E-state index is -0.491. The number of para-hydroxylation sites is 1. The zero-order valence-electron chi connectivity index (χ0n) is 23.9. The van der Waals surface area contributed by atoms with Gasteiger partial charge >= 0.3 is 0 Å². The third-order valence-corrected chi connectivity index (χ3v) is 7.57. The van der Waals surface area contributed by atoms with Gasteiger partial charge in [0.2, 0.25) is 5.91 Å². The van der Waals surface area contributed by atoms with Crippen LogP contribution in [0, 0.1) is 0 Å². The molecule has 0 saturated heterocycles. The van der Waals surface area contributed by atoms with E-state index in [9.17, 15) is 14.4 Å². The molecule has 0 aromatic heterocycles. The molecule has 5 aromatic carbocycles. The lowest BCUT2D eigenvalue weighted by atomic mass is 10.1. The molecule has 0 aliphatic rings. The van der Waals surface area contributed by atoms with Gasteiger partial charge in [-0.3, -0.25) is 14.4 Å². The smallest absolute Gasteiger partial charge is 0.272 e. The molecule has 0 fully saturated rings. The summed E-state index contributed by atoms with van der Waals surface area (Å²) in [7, 11) is 0. The summed E-state index contributed by atoms with van der Waals surface area (Å²) in [6.45, 7) is 0. The van der Waals surface area contributed by atoms with Crippen LogP contribution >= 0.6 is 23.4 Å². The fraction of sp³-hybridized carbons (Fsp3) is 0.0278. The summed E-state index contributed by atoms with van der Waals surface area (Å²) < 4.78 is 5.79. The number of carbonyl (C=O) groups is 3. The Morgan fingerprint density at radius 1 is 0.667 bits per heavy atom. The van der Waals surface area contributed by atoms with E-state index in [0.717, 1.165) is 10.6 Å². The first-order chi connectivity index (χ1) is 21.9. The molecule has 0 aliphatic heterocycles. The highest BCUT2D eigenvalue weighted by atomic mass is 35.5. The highest BCUT2D eigenvalue weighted by Crippen LogP contribution is 2.24. The highest BCUT2D eigenvalue weighted by molar-refractivity contribution is 8.00. The molecule has 45 heavy (non-hydrogen) atoms.